The zero-order chi connectivity index (χ0) is 22.0. The number of rotatable bonds is 6. The normalized spacial score (nSPS) is 12.6. The van der Waals surface area contributed by atoms with Crippen molar-refractivity contribution in [1.29, 1.82) is 0 Å². The molecule has 0 N–H and O–H groups in total. The monoisotopic (exact) mass is 477 g/mol. The van der Waals surface area contributed by atoms with E-state index in [1.54, 1.807) is 72.8 Å². The van der Waals surface area contributed by atoms with E-state index >= 15 is 0 Å². The molecule has 0 atom stereocenters. The Morgan fingerprint density at radius 3 is 2.10 bits per heavy atom. The predicted molar refractivity (Wildman–Crippen MR) is 116 cm³/mol. The van der Waals surface area contributed by atoms with Crippen molar-refractivity contribution < 1.29 is 23.9 Å². The molecule has 2 amide bonds. The SMILES string of the molecule is O=C(COC(=O)c1cccc(CN2C(=O)c3ccccc3C2=O)c1)c1ccc(Br)cc1. The predicted octanol–water partition coefficient (Wildman–Crippen LogP) is 4.29. The largest absolute Gasteiger partial charge is 0.454 e. The number of amides is 2. The topological polar surface area (TPSA) is 80.8 Å². The van der Waals surface area contributed by atoms with Crippen LogP contribution >= 0.6 is 15.9 Å². The van der Waals surface area contributed by atoms with Gasteiger partial charge in [0.1, 0.15) is 0 Å². The van der Waals surface area contributed by atoms with Gasteiger partial charge in [-0.15, -0.1) is 0 Å². The van der Waals surface area contributed by atoms with Crippen LogP contribution in [0.25, 0.3) is 0 Å². The first kappa shape index (κ1) is 20.7. The second kappa shape index (κ2) is 8.65. The fraction of sp³-hybridized carbons (Fsp3) is 0.0833. The molecule has 0 aromatic heterocycles. The molecule has 1 aliphatic rings. The highest BCUT2D eigenvalue weighted by atomic mass is 79.9. The molecule has 0 unspecified atom stereocenters. The lowest BCUT2D eigenvalue weighted by Crippen LogP contribution is -2.29. The van der Waals surface area contributed by atoms with Crippen LogP contribution in [-0.4, -0.2) is 35.1 Å². The van der Waals surface area contributed by atoms with Crippen molar-refractivity contribution in [3.8, 4) is 0 Å². The van der Waals surface area contributed by atoms with Crippen molar-refractivity contribution in [2.75, 3.05) is 6.61 Å². The Hall–Kier alpha value is -3.58. The van der Waals surface area contributed by atoms with E-state index in [1.165, 1.54) is 0 Å². The van der Waals surface area contributed by atoms with Crippen molar-refractivity contribution in [2.24, 2.45) is 0 Å². The quantitative estimate of drug-likeness (QED) is 0.300. The number of benzene rings is 3. The molecule has 1 aliphatic heterocycles. The molecule has 0 aliphatic carbocycles. The van der Waals surface area contributed by atoms with E-state index in [0.717, 1.165) is 9.37 Å². The molecule has 7 heteroatoms. The van der Waals surface area contributed by atoms with E-state index in [9.17, 15) is 19.2 Å². The van der Waals surface area contributed by atoms with Crippen molar-refractivity contribution in [1.82, 2.24) is 4.90 Å². The van der Waals surface area contributed by atoms with Crippen molar-refractivity contribution >= 4 is 39.5 Å². The zero-order valence-corrected chi connectivity index (χ0v) is 17.8. The first-order valence-corrected chi connectivity index (χ1v) is 10.2. The summed E-state index contributed by atoms with van der Waals surface area (Å²) in [6.45, 7) is -0.353. The number of nitrogens with zero attached hydrogens (tertiary/aromatic N) is 1. The number of ether oxygens (including phenoxy) is 1. The van der Waals surface area contributed by atoms with E-state index in [4.69, 9.17) is 4.74 Å². The Morgan fingerprint density at radius 1 is 0.806 bits per heavy atom. The minimum Gasteiger partial charge on any atom is -0.454 e. The average Bonchev–Trinajstić information content (AvgIpc) is 3.03. The van der Waals surface area contributed by atoms with Gasteiger partial charge >= 0.3 is 5.97 Å². The highest BCUT2D eigenvalue weighted by Gasteiger charge is 2.35. The van der Waals surface area contributed by atoms with Crippen molar-refractivity contribution in [2.45, 2.75) is 6.54 Å². The smallest absolute Gasteiger partial charge is 0.338 e. The summed E-state index contributed by atoms with van der Waals surface area (Å²) in [4.78, 5) is 50.8. The van der Waals surface area contributed by atoms with Gasteiger partial charge in [0.15, 0.2) is 12.4 Å². The van der Waals surface area contributed by atoms with Crippen LogP contribution in [0.5, 0.6) is 0 Å². The fourth-order valence-corrected chi connectivity index (χ4v) is 3.56. The van der Waals surface area contributed by atoms with E-state index < -0.39 is 5.97 Å². The molecule has 154 valence electrons. The van der Waals surface area contributed by atoms with Crippen LogP contribution in [0.4, 0.5) is 0 Å². The number of hydrogen-bond donors (Lipinski definition) is 0. The molecule has 4 rings (SSSR count). The molecule has 1 heterocycles. The maximum atomic E-state index is 12.5. The summed E-state index contributed by atoms with van der Waals surface area (Å²) in [7, 11) is 0. The highest BCUT2D eigenvalue weighted by Crippen LogP contribution is 2.24. The third kappa shape index (κ3) is 4.32. The number of carbonyl (C=O) groups excluding carboxylic acids is 4. The van der Waals surface area contributed by atoms with Crippen LogP contribution in [0.1, 0.15) is 47.0 Å². The zero-order valence-electron chi connectivity index (χ0n) is 16.2. The minimum atomic E-state index is -0.658. The molecule has 0 saturated heterocycles. The van der Waals surface area contributed by atoms with Crippen LogP contribution in [0.15, 0.2) is 77.3 Å². The van der Waals surface area contributed by atoms with E-state index in [1.807, 2.05) is 0 Å². The van der Waals surface area contributed by atoms with Crippen LogP contribution in [0, 0.1) is 0 Å². The first-order valence-electron chi connectivity index (χ1n) is 9.44. The van der Waals surface area contributed by atoms with Gasteiger partial charge in [0.25, 0.3) is 11.8 Å². The number of ketones is 1. The number of imide groups is 1. The van der Waals surface area contributed by atoms with Crippen molar-refractivity contribution in [3.63, 3.8) is 0 Å². The summed E-state index contributed by atoms with van der Waals surface area (Å²) >= 11 is 3.30. The van der Waals surface area contributed by atoms with Crippen molar-refractivity contribution in [3.05, 3.63) is 105 Å². The van der Waals surface area contributed by atoms with Gasteiger partial charge in [-0.25, -0.2) is 4.79 Å². The van der Waals surface area contributed by atoms with Crippen LogP contribution < -0.4 is 0 Å². The van der Waals surface area contributed by atoms with Crippen LogP contribution in [0.3, 0.4) is 0 Å². The Labute approximate surface area is 186 Å². The van der Waals surface area contributed by atoms with E-state index in [0.29, 0.717) is 22.3 Å². The van der Waals surface area contributed by atoms with Gasteiger partial charge in [-0.1, -0.05) is 52.3 Å². The molecule has 0 fully saturated rings. The fourth-order valence-electron chi connectivity index (χ4n) is 3.30. The molecule has 0 spiro atoms. The summed E-state index contributed by atoms with van der Waals surface area (Å²) < 4.78 is 5.99. The summed E-state index contributed by atoms with van der Waals surface area (Å²) in [5.41, 5.74) is 2.01. The molecule has 3 aromatic carbocycles. The van der Waals surface area contributed by atoms with Gasteiger partial charge in [-0.3, -0.25) is 19.3 Å². The van der Waals surface area contributed by atoms with Crippen LogP contribution in [-0.2, 0) is 11.3 Å². The molecule has 0 bridgehead atoms. The molecule has 3 aromatic rings. The average molecular weight is 478 g/mol. The molecular formula is C24H16BrNO5. The molecule has 0 radical (unpaired) electrons. The lowest BCUT2D eigenvalue weighted by molar-refractivity contribution is 0.0474. The Balaban J connectivity index is 1.42. The third-order valence-corrected chi connectivity index (χ3v) is 5.41. The summed E-state index contributed by atoms with van der Waals surface area (Å²) in [6.07, 6.45) is 0. The van der Waals surface area contributed by atoms with Gasteiger partial charge < -0.3 is 4.74 Å². The van der Waals surface area contributed by atoms with Gasteiger partial charge in [0.2, 0.25) is 0 Å². The molecule has 6 nitrogen and oxygen atoms in total. The maximum absolute atomic E-state index is 12.5. The second-order valence-electron chi connectivity index (χ2n) is 6.95. The second-order valence-corrected chi connectivity index (χ2v) is 7.86. The van der Waals surface area contributed by atoms with E-state index in [2.05, 4.69) is 15.9 Å². The summed E-state index contributed by atoms with van der Waals surface area (Å²) in [6, 6.07) is 19.9. The Bertz CT molecular complexity index is 1170. The minimum absolute atomic E-state index is 0.0330. The number of halogens is 1. The number of hydrogen-bond acceptors (Lipinski definition) is 5. The summed E-state index contributed by atoms with van der Waals surface area (Å²) in [5, 5.41) is 0. The molecule has 31 heavy (non-hydrogen) atoms. The molecular weight excluding hydrogens is 462 g/mol. The summed E-state index contributed by atoms with van der Waals surface area (Å²) in [5.74, 6) is -1.71. The Kier molecular flexibility index (Phi) is 5.77. The standard InChI is InChI=1S/C24H16BrNO5/c25-18-10-8-16(9-11-18)21(27)14-31-24(30)17-5-3-4-15(12-17)13-26-22(28)19-6-1-2-7-20(19)23(26)29/h1-12H,13-14H2. The van der Waals surface area contributed by atoms with Gasteiger partial charge in [0.05, 0.1) is 23.2 Å². The number of Topliss-reactive ketones (excluding diaryl/α,β-unsaturated/α-hetero) is 1. The van der Waals surface area contributed by atoms with E-state index in [-0.39, 0.29) is 36.3 Å². The number of fused-ring (bicyclic) bond motifs is 1. The highest BCUT2D eigenvalue weighted by molar-refractivity contribution is 9.10. The molecule has 0 saturated carbocycles. The number of esters is 1. The Morgan fingerprint density at radius 2 is 1.45 bits per heavy atom. The lowest BCUT2D eigenvalue weighted by atomic mass is 10.1. The van der Waals surface area contributed by atoms with Crippen LogP contribution in [0.2, 0.25) is 0 Å². The van der Waals surface area contributed by atoms with Gasteiger partial charge in [-0.05, 0) is 42.0 Å². The lowest BCUT2D eigenvalue weighted by Gasteiger charge is -2.14. The van der Waals surface area contributed by atoms with Gasteiger partial charge in [-0.2, -0.15) is 0 Å². The third-order valence-electron chi connectivity index (χ3n) is 4.88. The number of carbonyl (C=O) groups is 4. The first-order chi connectivity index (χ1) is 14.9. The maximum Gasteiger partial charge on any atom is 0.338 e. The van der Waals surface area contributed by atoms with Gasteiger partial charge in [0, 0.05) is 10.0 Å².